The van der Waals surface area contributed by atoms with Crippen molar-refractivity contribution < 1.29 is 19.1 Å². The highest BCUT2D eigenvalue weighted by atomic mass is 16.6. The molecule has 1 N–H and O–H groups in total. The Morgan fingerprint density at radius 3 is 2.33 bits per heavy atom. The second kappa shape index (κ2) is 8.33. The van der Waals surface area contributed by atoms with E-state index < -0.39 is 11.8 Å². The van der Waals surface area contributed by atoms with Crippen molar-refractivity contribution in [3.8, 4) is 0 Å². The molecule has 1 aliphatic heterocycles. The normalized spacial score (nSPS) is 14.2. The van der Waals surface area contributed by atoms with Gasteiger partial charge in [0.05, 0.1) is 6.61 Å². The van der Waals surface area contributed by atoms with Crippen LogP contribution in [-0.2, 0) is 20.9 Å². The van der Waals surface area contributed by atoms with Crippen molar-refractivity contribution in [3.05, 3.63) is 35.4 Å². The van der Waals surface area contributed by atoms with E-state index in [4.69, 9.17) is 4.74 Å². The van der Waals surface area contributed by atoms with Crippen LogP contribution in [0.2, 0.25) is 0 Å². The van der Waals surface area contributed by atoms with Crippen molar-refractivity contribution in [2.24, 2.45) is 0 Å². The number of piperazine rings is 1. The van der Waals surface area contributed by atoms with Gasteiger partial charge in [-0.3, -0.25) is 9.59 Å². The van der Waals surface area contributed by atoms with E-state index in [9.17, 15) is 14.4 Å². The van der Waals surface area contributed by atoms with Gasteiger partial charge >= 0.3 is 17.9 Å². The molecule has 130 valence electrons. The van der Waals surface area contributed by atoms with Crippen molar-refractivity contribution in [2.45, 2.75) is 20.4 Å². The van der Waals surface area contributed by atoms with Crippen LogP contribution in [-0.4, -0.2) is 60.5 Å². The fourth-order valence-corrected chi connectivity index (χ4v) is 2.51. The first-order valence-corrected chi connectivity index (χ1v) is 8.06. The Hall–Kier alpha value is -2.57. The van der Waals surface area contributed by atoms with Crippen molar-refractivity contribution >= 4 is 17.9 Å². The van der Waals surface area contributed by atoms with E-state index in [1.807, 2.05) is 31.2 Å². The highest BCUT2D eigenvalue weighted by Crippen LogP contribution is 2.07. The minimum atomic E-state index is -0.622. The number of hydrogen-bond acceptors (Lipinski definition) is 4. The number of nitrogens with zero attached hydrogens (tertiary/aromatic N) is 2. The molecule has 0 spiro atoms. The second-order valence-electron chi connectivity index (χ2n) is 5.59. The summed E-state index contributed by atoms with van der Waals surface area (Å²) in [5.41, 5.74) is 2.04. The number of carbonyl (C=O) groups excluding carboxylic acids is 3. The van der Waals surface area contributed by atoms with E-state index in [1.54, 1.807) is 11.8 Å². The molecule has 1 aliphatic rings. The third-order valence-electron chi connectivity index (χ3n) is 3.99. The number of benzene rings is 1. The Morgan fingerprint density at radius 2 is 1.71 bits per heavy atom. The first-order valence-electron chi connectivity index (χ1n) is 8.06. The number of rotatable bonds is 3. The van der Waals surface area contributed by atoms with Crippen LogP contribution < -0.4 is 5.32 Å². The van der Waals surface area contributed by atoms with Gasteiger partial charge in [0.2, 0.25) is 0 Å². The average molecular weight is 333 g/mol. The zero-order valence-corrected chi connectivity index (χ0v) is 14.1. The molecule has 1 heterocycles. The molecule has 1 fully saturated rings. The van der Waals surface area contributed by atoms with Gasteiger partial charge in [0.15, 0.2) is 0 Å². The summed E-state index contributed by atoms with van der Waals surface area (Å²) in [6.07, 6.45) is -0.381. The highest BCUT2D eigenvalue weighted by molar-refractivity contribution is 6.35. The molecule has 7 heteroatoms. The number of hydrogen-bond donors (Lipinski definition) is 1. The van der Waals surface area contributed by atoms with E-state index >= 15 is 0 Å². The van der Waals surface area contributed by atoms with Crippen LogP contribution in [0.1, 0.15) is 18.1 Å². The summed E-state index contributed by atoms with van der Waals surface area (Å²) < 4.78 is 4.93. The van der Waals surface area contributed by atoms with Gasteiger partial charge in [-0.25, -0.2) is 4.79 Å². The summed E-state index contributed by atoms with van der Waals surface area (Å²) in [5, 5.41) is 2.66. The largest absolute Gasteiger partial charge is 0.450 e. The smallest absolute Gasteiger partial charge is 0.409 e. The Morgan fingerprint density at radius 1 is 1.08 bits per heavy atom. The summed E-state index contributed by atoms with van der Waals surface area (Å²) in [7, 11) is 0. The molecule has 1 aromatic carbocycles. The molecule has 0 bridgehead atoms. The minimum Gasteiger partial charge on any atom is -0.450 e. The predicted octanol–water partition coefficient (Wildman–Crippen LogP) is 0.912. The molecule has 7 nitrogen and oxygen atoms in total. The number of aryl methyl sites for hydroxylation is 1. The van der Waals surface area contributed by atoms with E-state index in [-0.39, 0.29) is 6.09 Å². The van der Waals surface area contributed by atoms with Crippen LogP contribution >= 0.6 is 0 Å². The molecule has 2 rings (SSSR count). The van der Waals surface area contributed by atoms with Crippen LogP contribution in [0.15, 0.2) is 24.3 Å². The Kier molecular flexibility index (Phi) is 6.17. The van der Waals surface area contributed by atoms with Gasteiger partial charge < -0.3 is 19.9 Å². The van der Waals surface area contributed by atoms with Gasteiger partial charge in [-0.1, -0.05) is 24.3 Å². The summed E-state index contributed by atoms with van der Waals surface area (Å²) in [4.78, 5) is 38.8. The van der Waals surface area contributed by atoms with Gasteiger partial charge in [-0.05, 0) is 25.0 Å². The van der Waals surface area contributed by atoms with E-state index in [0.29, 0.717) is 39.3 Å². The van der Waals surface area contributed by atoms with Crippen LogP contribution in [0.5, 0.6) is 0 Å². The lowest BCUT2D eigenvalue weighted by Crippen LogP contribution is -2.53. The lowest BCUT2D eigenvalue weighted by Gasteiger charge is -2.33. The maximum atomic E-state index is 12.2. The first-order chi connectivity index (χ1) is 11.5. The molecular formula is C17H23N3O4. The molecule has 0 aromatic heterocycles. The highest BCUT2D eigenvalue weighted by Gasteiger charge is 2.28. The van der Waals surface area contributed by atoms with E-state index in [1.165, 1.54) is 4.90 Å². The monoisotopic (exact) mass is 333 g/mol. The third kappa shape index (κ3) is 4.47. The number of nitrogens with one attached hydrogen (secondary N) is 1. The average Bonchev–Trinajstić information content (AvgIpc) is 2.60. The maximum absolute atomic E-state index is 12.2. The fraction of sp³-hybridized carbons (Fsp3) is 0.471. The molecule has 1 aromatic rings. The van der Waals surface area contributed by atoms with Crippen molar-refractivity contribution in [2.75, 3.05) is 32.8 Å². The molecule has 24 heavy (non-hydrogen) atoms. The van der Waals surface area contributed by atoms with Crippen LogP contribution in [0, 0.1) is 6.92 Å². The Balaban J connectivity index is 1.81. The van der Waals surface area contributed by atoms with Crippen LogP contribution in [0.3, 0.4) is 0 Å². The molecular weight excluding hydrogens is 310 g/mol. The van der Waals surface area contributed by atoms with Crippen molar-refractivity contribution in [3.63, 3.8) is 0 Å². The summed E-state index contributed by atoms with van der Waals surface area (Å²) in [6.45, 7) is 5.74. The van der Waals surface area contributed by atoms with Crippen LogP contribution in [0.25, 0.3) is 0 Å². The minimum absolute atomic E-state index is 0.319. The molecule has 0 atom stereocenters. The zero-order chi connectivity index (χ0) is 17.5. The van der Waals surface area contributed by atoms with Crippen molar-refractivity contribution in [1.29, 1.82) is 0 Å². The quantitative estimate of drug-likeness (QED) is 0.834. The molecule has 0 saturated carbocycles. The lowest BCUT2D eigenvalue weighted by atomic mass is 10.1. The Bertz CT molecular complexity index is 610. The topological polar surface area (TPSA) is 79.0 Å². The van der Waals surface area contributed by atoms with E-state index in [2.05, 4.69) is 5.32 Å². The Labute approximate surface area is 141 Å². The van der Waals surface area contributed by atoms with Gasteiger partial charge in [0, 0.05) is 32.7 Å². The first kappa shape index (κ1) is 17.8. The molecule has 0 unspecified atom stereocenters. The number of ether oxygens (including phenoxy) is 1. The fourth-order valence-electron chi connectivity index (χ4n) is 2.51. The number of carbonyl (C=O) groups is 3. The molecule has 3 amide bonds. The van der Waals surface area contributed by atoms with Gasteiger partial charge in [0.25, 0.3) is 0 Å². The molecule has 0 radical (unpaired) electrons. The predicted molar refractivity (Wildman–Crippen MR) is 88.2 cm³/mol. The van der Waals surface area contributed by atoms with E-state index in [0.717, 1.165) is 11.1 Å². The van der Waals surface area contributed by atoms with Gasteiger partial charge in [-0.2, -0.15) is 0 Å². The SMILES string of the molecule is CCOC(=O)N1CCN(C(=O)C(=O)NCc2ccccc2C)CC1. The summed E-state index contributed by atoms with van der Waals surface area (Å²) in [5.74, 6) is -1.19. The molecule has 0 aliphatic carbocycles. The standard InChI is InChI=1S/C17H23N3O4/c1-3-24-17(23)20-10-8-19(9-11-20)16(22)15(21)18-12-14-7-5-4-6-13(14)2/h4-7H,3,8-12H2,1-2H3,(H,18,21). The maximum Gasteiger partial charge on any atom is 0.409 e. The third-order valence-corrected chi connectivity index (χ3v) is 3.99. The lowest BCUT2D eigenvalue weighted by molar-refractivity contribution is -0.146. The number of amides is 3. The molecule has 1 saturated heterocycles. The zero-order valence-electron chi connectivity index (χ0n) is 14.1. The van der Waals surface area contributed by atoms with Gasteiger partial charge in [-0.15, -0.1) is 0 Å². The second-order valence-corrected chi connectivity index (χ2v) is 5.59. The van der Waals surface area contributed by atoms with Crippen molar-refractivity contribution in [1.82, 2.24) is 15.1 Å². The summed E-state index contributed by atoms with van der Waals surface area (Å²) in [6, 6.07) is 7.69. The van der Waals surface area contributed by atoms with Crippen LogP contribution in [0.4, 0.5) is 4.79 Å². The summed E-state index contributed by atoms with van der Waals surface area (Å²) >= 11 is 0. The van der Waals surface area contributed by atoms with Gasteiger partial charge in [0.1, 0.15) is 0 Å².